The van der Waals surface area contributed by atoms with Crippen molar-refractivity contribution in [2.45, 2.75) is 12.5 Å². The molecule has 0 amide bonds. The van der Waals surface area contributed by atoms with Crippen LogP contribution < -0.4 is 19.5 Å². The number of hydrogen-bond donors (Lipinski definition) is 3. The van der Waals surface area contributed by atoms with Gasteiger partial charge in [-0.1, -0.05) is 6.07 Å². The van der Waals surface area contributed by atoms with Crippen LogP contribution in [0.3, 0.4) is 0 Å². The van der Waals surface area contributed by atoms with Crippen molar-refractivity contribution in [2.24, 2.45) is 0 Å². The van der Waals surface area contributed by atoms with Crippen molar-refractivity contribution in [2.75, 3.05) is 37.8 Å². The number of rotatable bonds is 11. The zero-order valence-electron chi connectivity index (χ0n) is 17.9. The molecule has 8 nitrogen and oxygen atoms in total. The van der Waals surface area contributed by atoms with Crippen molar-refractivity contribution in [1.82, 2.24) is 10.3 Å². The van der Waals surface area contributed by atoms with Crippen LogP contribution >= 0.6 is 12.4 Å². The number of aromatic nitrogens is 1. The minimum Gasteiger partial charge on any atom is -0.497 e. The molecule has 3 rings (SSSR count). The number of aliphatic hydroxyl groups is 1. The molecule has 2 aromatic carbocycles. The number of fused-ring (bicyclic) bond motifs is 1. The van der Waals surface area contributed by atoms with E-state index in [-0.39, 0.29) is 19.0 Å². The molecule has 0 saturated heterocycles. The van der Waals surface area contributed by atoms with Crippen LogP contribution in [0.2, 0.25) is 0 Å². The highest BCUT2D eigenvalue weighted by molar-refractivity contribution is 7.92. The quantitative estimate of drug-likeness (QED) is 0.361. The fraction of sp³-hybridized carbons (Fsp3) is 0.318. The number of anilines is 1. The maximum Gasteiger partial charge on any atom is 0.229 e. The number of nitrogens with one attached hydrogen (secondary N) is 2. The first kappa shape index (κ1) is 25.7. The number of benzene rings is 2. The minimum absolute atomic E-state index is 0. The third-order valence-corrected chi connectivity index (χ3v) is 5.10. The molecule has 32 heavy (non-hydrogen) atoms. The first-order chi connectivity index (χ1) is 14.8. The highest BCUT2D eigenvalue weighted by Crippen LogP contribution is 2.19. The fourth-order valence-electron chi connectivity index (χ4n) is 2.98. The van der Waals surface area contributed by atoms with E-state index in [4.69, 9.17) is 9.47 Å². The van der Waals surface area contributed by atoms with E-state index >= 15 is 0 Å². The van der Waals surface area contributed by atoms with Crippen LogP contribution in [0.5, 0.6) is 11.5 Å². The van der Waals surface area contributed by atoms with Crippen molar-refractivity contribution in [3.05, 3.63) is 60.3 Å². The molecule has 0 aliphatic rings. The van der Waals surface area contributed by atoms with Crippen molar-refractivity contribution in [1.29, 1.82) is 0 Å². The Morgan fingerprint density at radius 2 is 1.78 bits per heavy atom. The van der Waals surface area contributed by atoms with Crippen LogP contribution in [-0.2, 0) is 16.4 Å². The summed E-state index contributed by atoms with van der Waals surface area (Å²) in [5.41, 5.74) is 2.35. The monoisotopic (exact) mass is 481 g/mol. The lowest BCUT2D eigenvalue weighted by molar-refractivity contribution is 0.106. The average molecular weight is 482 g/mol. The number of sulfonamides is 1. The molecular weight excluding hydrogens is 454 g/mol. The summed E-state index contributed by atoms with van der Waals surface area (Å²) in [6.07, 6.45) is 1.16. The summed E-state index contributed by atoms with van der Waals surface area (Å²) in [6.45, 7) is 1.19. The van der Waals surface area contributed by atoms with Crippen LogP contribution in [0.1, 0.15) is 5.69 Å². The molecule has 1 atom stereocenters. The Bertz CT molecular complexity index is 1110. The van der Waals surface area contributed by atoms with Gasteiger partial charge in [-0.25, -0.2) is 8.42 Å². The second-order valence-corrected chi connectivity index (χ2v) is 8.93. The Morgan fingerprint density at radius 3 is 2.47 bits per heavy atom. The molecule has 3 aromatic rings. The lowest BCUT2D eigenvalue weighted by Gasteiger charge is -2.14. The molecule has 0 spiro atoms. The number of hydrogen-bond acceptors (Lipinski definition) is 7. The summed E-state index contributed by atoms with van der Waals surface area (Å²) < 4.78 is 35.6. The minimum atomic E-state index is -3.31. The van der Waals surface area contributed by atoms with E-state index in [1.807, 2.05) is 30.3 Å². The molecule has 0 radical (unpaired) electrons. The zero-order valence-corrected chi connectivity index (χ0v) is 19.6. The van der Waals surface area contributed by atoms with Crippen molar-refractivity contribution in [3.63, 3.8) is 0 Å². The molecule has 1 aromatic heterocycles. The summed E-state index contributed by atoms with van der Waals surface area (Å²) in [4.78, 5) is 4.65. The SMILES string of the molecule is COc1ccc2nc(CCNCC(O)COc3ccc(NS(C)(=O)=O)cc3)ccc2c1.Cl. The van der Waals surface area contributed by atoms with Crippen LogP contribution in [-0.4, -0.2) is 57.7 Å². The summed E-state index contributed by atoms with van der Waals surface area (Å²) in [7, 11) is -1.67. The third-order valence-electron chi connectivity index (χ3n) is 4.49. The van der Waals surface area contributed by atoms with Gasteiger partial charge >= 0.3 is 0 Å². The summed E-state index contributed by atoms with van der Waals surface area (Å²) >= 11 is 0. The number of pyridine rings is 1. The molecule has 1 unspecified atom stereocenters. The molecule has 0 bridgehead atoms. The molecule has 0 aliphatic carbocycles. The third kappa shape index (κ3) is 8.16. The van der Waals surface area contributed by atoms with E-state index in [0.29, 0.717) is 24.5 Å². The largest absolute Gasteiger partial charge is 0.497 e. The molecule has 0 aliphatic heterocycles. The van der Waals surface area contributed by atoms with Crippen molar-refractivity contribution in [3.8, 4) is 11.5 Å². The molecular formula is C22H28ClN3O5S. The second-order valence-electron chi connectivity index (χ2n) is 7.18. The van der Waals surface area contributed by atoms with Gasteiger partial charge in [-0.2, -0.15) is 0 Å². The van der Waals surface area contributed by atoms with Gasteiger partial charge in [0.1, 0.15) is 24.2 Å². The fourth-order valence-corrected chi connectivity index (χ4v) is 3.55. The first-order valence-electron chi connectivity index (χ1n) is 9.85. The maximum atomic E-state index is 11.2. The highest BCUT2D eigenvalue weighted by atomic mass is 35.5. The van der Waals surface area contributed by atoms with Crippen LogP contribution in [0.25, 0.3) is 10.9 Å². The number of methoxy groups -OCH3 is 1. The topological polar surface area (TPSA) is 110 Å². The van der Waals surface area contributed by atoms with Gasteiger partial charge in [0, 0.05) is 36.3 Å². The smallest absolute Gasteiger partial charge is 0.229 e. The summed E-state index contributed by atoms with van der Waals surface area (Å²) in [6, 6.07) is 16.3. The average Bonchev–Trinajstić information content (AvgIpc) is 2.74. The Morgan fingerprint density at radius 1 is 1.06 bits per heavy atom. The zero-order chi connectivity index (χ0) is 22.3. The van der Waals surface area contributed by atoms with Gasteiger partial charge in [-0.15, -0.1) is 12.4 Å². The van der Waals surface area contributed by atoms with E-state index in [2.05, 4.69) is 15.0 Å². The Balaban J connectivity index is 0.00000363. The van der Waals surface area contributed by atoms with Crippen LogP contribution in [0.15, 0.2) is 54.6 Å². The van der Waals surface area contributed by atoms with Gasteiger partial charge in [0.05, 0.1) is 18.9 Å². The summed E-state index contributed by atoms with van der Waals surface area (Å²) in [5.74, 6) is 1.36. The Labute approximate surface area is 194 Å². The molecule has 1 heterocycles. The van der Waals surface area contributed by atoms with Gasteiger partial charge in [0.25, 0.3) is 0 Å². The van der Waals surface area contributed by atoms with Gasteiger partial charge in [-0.05, 0) is 48.5 Å². The normalized spacial score (nSPS) is 12.1. The van der Waals surface area contributed by atoms with Crippen molar-refractivity contribution >= 4 is 39.0 Å². The van der Waals surface area contributed by atoms with Gasteiger partial charge in [0.15, 0.2) is 0 Å². The van der Waals surface area contributed by atoms with Crippen LogP contribution in [0, 0.1) is 0 Å². The molecule has 10 heteroatoms. The van der Waals surface area contributed by atoms with Crippen LogP contribution in [0.4, 0.5) is 5.69 Å². The lowest BCUT2D eigenvalue weighted by Crippen LogP contribution is -2.32. The van der Waals surface area contributed by atoms with E-state index in [0.717, 1.165) is 35.0 Å². The highest BCUT2D eigenvalue weighted by Gasteiger charge is 2.07. The predicted octanol–water partition coefficient (Wildman–Crippen LogP) is 2.61. The number of ether oxygens (including phenoxy) is 2. The maximum absolute atomic E-state index is 11.2. The predicted molar refractivity (Wildman–Crippen MR) is 129 cm³/mol. The van der Waals surface area contributed by atoms with E-state index in [9.17, 15) is 13.5 Å². The number of nitrogens with zero attached hydrogens (tertiary/aromatic N) is 1. The number of halogens is 1. The molecule has 174 valence electrons. The Kier molecular flexibility index (Phi) is 9.52. The van der Waals surface area contributed by atoms with Gasteiger partial charge in [0.2, 0.25) is 10.0 Å². The lowest BCUT2D eigenvalue weighted by atomic mass is 10.1. The molecule has 3 N–H and O–H groups in total. The van der Waals surface area contributed by atoms with E-state index < -0.39 is 16.1 Å². The van der Waals surface area contributed by atoms with E-state index in [1.54, 1.807) is 31.4 Å². The molecule has 0 fully saturated rings. The molecule has 0 saturated carbocycles. The second kappa shape index (κ2) is 11.9. The first-order valence-corrected chi connectivity index (χ1v) is 11.7. The van der Waals surface area contributed by atoms with Gasteiger partial charge < -0.3 is 19.9 Å². The Hall–Kier alpha value is -2.59. The van der Waals surface area contributed by atoms with Gasteiger partial charge in [-0.3, -0.25) is 9.71 Å². The standard InChI is InChI=1S/C22H27N3O5S.ClH/c1-29-21-9-10-22-16(13-21)3-4-17(24-22)11-12-23-14-19(26)15-30-20-7-5-18(6-8-20)25-31(2,27)28;/h3-10,13,19,23,25-26H,11-12,14-15H2,1-2H3;1H. The number of aliphatic hydroxyl groups excluding tert-OH is 1. The summed E-state index contributed by atoms with van der Waals surface area (Å²) in [5, 5.41) is 14.3. The van der Waals surface area contributed by atoms with E-state index in [1.165, 1.54) is 0 Å². The van der Waals surface area contributed by atoms with Crippen molar-refractivity contribution < 1.29 is 23.0 Å².